The Balaban J connectivity index is 1.19. The molecule has 3 heterocycles. The molecule has 3 amide bonds. The second-order valence-electron chi connectivity index (χ2n) is 12.3. The fraction of sp³-hybridized carbons (Fsp3) is 0.441. The first-order valence-corrected chi connectivity index (χ1v) is 15.8. The van der Waals surface area contributed by atoms with Gasteiger partial charge >= 0.3 is 5.69 Å². The molecule has 3 aliphatic rings. The Bertz CT molecular complexity index is 1680. The lowest BCUT2D eigenvalue weighted by Crippen LogP contribution is -2.58. The maximum absolute atomic E-state index is 13.3. The number of hydrogen-bond acceptors (Lipinski definition) is 8. The molecule has 4 bridgehead atoms. The number of piperidine rings is 1. The van der Waals surface area contributed by atoms with Crippen molar-refractivity contribution in [1.82, 2.24) is 25.1 Å². The first kappa shape index (κ1) is 31.3. The summed E-state index contributed by atoms with van der Waals surface area (Å²) < 4.78 is 19.8. The van der Waals surface area contributed by atoms with E-state index in [1.807, 2.05) is 24.3 Å². The van der Waals surface area contributed by atoms with Crippen LogP contribution in [0.2, 0.25) is 0 Å². The normalized spacial score (nSPS) is 20.4. The van der Waals surface area contributed by atoms with E-state index in [1.54, 1.807) is 43.0 Å². The van der Waals surface area contributed by atoms with Crippen molar-refractivity contribution in [3.63, 3.8) is 0 Å². The predicted octanol–water partition coefficient (Wildman–Crippen LogP) is 2.88. The fourth-order valence-electron chi connectivity index (χ4n) is 5.75. The van der Waals surface area contributed by atoms with E-state index in [4.69, 9.17) is 14.2 Å². The van der Waals surface area contributed by atoms with E-state index in [1.165, 1.54) is 4.57 Å². The summed E-state index contributed by atoms with van der Waals surface area (Å²) in [6.07, 6.45) is 2.44. The van der Waals surface area contributed by atoms with Gasteiger partial charge in [-0.25, -0.2) is 4.79 Å². The van der Waals surface area contributed by atoms with Gasteiger partial charge in [-0.3, -0.25) is 19.0 Å². The van der Waals surface area contributed by atoms with Crippen LogP contribution in [0.3, 0.4) is 0 Å². The van der Waals surface area contributed by atoms with Gasteiger partial charge in [0.2, 0.25) is 11.8 Å². The summed E-state index contributed by atoms with van der Waals surface area (Å²) >= 11 is 0. The van der Waals surface area contributed by atoms with Gasteiger partial charge in [0.1, 0.15) is 23.8 Å². The number of ether oxygens (including phenoxy) is 3. The van der Waals surface area contributed by atoms with Crippen LogP contribution in [0, 0.1) is 19.8 Å². The molecule has 0 unspecified atom stereocenters. The lowest BCUT2D eigenvalue weighted by molar-refractivity contribution is -0.138. The number of benzene rings is 2. The standard InChI is InChI=1S/C34H39N5O7/c1-21-12-22(2)39(34(43)36-21)18-32(41)38-11-9-30-29(17-38)37-31(40)8-10-35-33(42)25-14-27(44-19-23-6-7-23)16-28(15-25)46-26-5-3-4-24(13-26)20-45-30/h3-5,12-16,23,29-30H,6-11,17-20H2,1-2H3,(H,35,42)(H,37,40)/t29-,30+/m0/s1. The summed E-state index contributed by atoms with van der Waals surface area (Å²) in [5.41, 5.74) is 2.01. The Morgan fingerprint density at radius 1 is 1.04 bits per heavy atom. The summed E-state index contributed by atoms with van der Waals surface area (Å²) in [7, 11) is 0. The number of aryl methyl sites for hydroxylation is 2. The van der Waals surface area contributed by atoms with Crippen molar-refractivity contribution >= 4 is 17.7 Å². The van der Waals surface area contributed by atoms with Gasteiger partial charge in [0.15, 0.2) is 0 Å². The zero-order chi connectivity index (χ0) is 32.2. The second kappa shape index (κ2) is 13.7. The Morgan fingerprint density at radius 2 is 1.89 bits per heavy atom. The van der Waals surface area contributed by atoms with E-state index in [0.717, 1.165) is 18.4 Å². The zero-order valence-electron chi connectivity index (χ0n) is 26.1. The molecule has 2 N–H and O–H groups in total. The minimum absolute atomic E-state index is 0.0362. The quantitative estimate of drug-likeness (QED) is 0.439. The van der Waals surface area contributed by atoms with Gasteiger partial charge in [-0.1, -0.05) is 12.1 Å². The number of aromatic nitrogens is 2. The smallest absolute Gasteiger partial charge is 0.348 e. The number of rotatable bonds is 5. The van der Waals surface area contributed by atoms with Gasteiger partial charge in [-0.2, -0.15) is 4.98 Å². The highest BCUT2D eigenvalue weighted by Gasteiger charge is 2.33. The Kier molecular flexibility index (Phi) is 9.34. The summed E-state index contributed by atoms with van der Waals surface area (Å²) in [6, 6.07) is 13.9. The Hall–Kier alpha value is -4.71. The summed E-state index contributed by atoms with van der Waals surface area (Å²) in [6.45, 7) is 4.95. The molecule has 1 aromatic heterocycles. The van der Waals surface area contributed by atoms with Crippen LogP contribution in [0.15, 0.2) is 53.3 Å². The minimum Gasteiger partial charge on any atom is -0.493 e. The van der Waals surface area contributed by atoms with Gasteiger partial charge in [-0.05, 0) is 74.9 Å². The van der Waals surface area contributed by atoms with Crippen molar-refractivity contribution in [2.24, 2.45) is 5.92 Å². The van der Waals surface area contributed by atoms with Gasteiger partial charge in [-0.15, -0.1) is 0 Å². The lowest BCUT2D eigenvalue weighted by Gasteiger charge is -2.39. The number of hydrogen-bond donors (Lipinski definition) is 2. The van der Waals surface area contributed by atoms with Crippen LogP contribution in [-0.4, -0.2) is 70.6 Å². The third-order valence-corrected chi connectivity index (χ3v) is 8.45. The molecule has 12 nitrogen and oxygen atoms in total. The number of likely N-dealkylation sites (tertiary alicyclic amines) is 1. The SMILES string of the molecule is Cc1cc(C)n(CC(=O)N2CC[C@H]3OCc4cccc(c4)Oc4cc(OCC5CC5)cc(c4)C(=O)NCCC(=O)N[C@H]3C2)c(=O)n1. The van der Waals surface area contributed by atoms with E-state index < -0.39 is 11.7 Å². The monoisotopic (exact) mass is 629 g/mol. The average Bonchev–Trinajstić information content (AvgIpc) is 3.85. The van der Waals surface area contributed by atoms with Crippen LogP contribution >= 0.6 is 0 Å². The third kappa shape index (κ3) is 7.92. The molecule has 1 saturated heterocycles. The van der Waals surface area contributed by atoms with Crippen LogP contribution < -0.4 is 25.8 Å². The molecule has 0 spiro atoms. The van der Waals surface area contributed by atoms with Gasteiger partial charge in [0.25, 0.3) is 5.91 Å². The topological polar surface area (TPSA) is 141 Å². The highest BCUT2D eigenvalue weighted by atomic mass is 16.5. The van der Waals surface area contributed by atoms with Crippen molar-refractivity contribution < 1.29 is 28.6 Å². The summed E-state index contributed by atoms with van der Waals surface area (Å²) in [5.74, 6) is 1.27. The molecule has 3 aromatic rings. The van der Waals surface area contributed by atoms with Gasteiger partial charge < -0.3 is 29.7 Å². The number of nitrogens with one attached hydrogen (secondary N) is 2. The maximum Gasteiger partial charge on any atom is 0.348 e. The van der Waals surface area contributed by atoms with Crippen LogP contribution in [0.5, 0.6) is 17.2 Å². The van der Waals surface area contributed by atoms with Gasteiger partial charge in [0.05, 0.1) is 25.4 Å². The van der Waals surface area contributed by atoms with Crippen LogP contribution in [0.4, 0.5) is 0 Å². The number of carbonyl (C=O) groups is 3. The Morgan fingerprint density at radius 3 is 2.70 bits per heavy atom. The van der Waals surface area contributed by atoms with Crippen LogP contribution in [0.25, 0.3) is 0 Å². The van der Waals surface area contributed by atoms with Crippen molar-refractivity contribution in [3.8, 4) is 17.2 Å². The Labute approximate surface area is 267 Å². The van der Waals surface area contributed by atoms with Crippen molar-refractivity contribution in [1.29, 1.82) is 0 Å². The number of carbonyl (C=O) groups excluding carboxylic acids is 3. The molecule has 2 atom stereocenters. The molecular weight excluding hydrogens is 590 g/mol. The lowest BCUT2D eigenvalue weighted by atomic mass is 10.0. The largest absolute Gasteiger partial charge is 0.493 e. The third-order valence-electron chi connectivity index (χ3n) is 8.45. The zero-order valence-corrected chi connectivity index (χ0v) is 26.1. The van der Waals surface area contributed by atoms with E-state index in [-0.39, 0.29) is 56.5 Å². The van der Waals surface area contributed by atoms with Gasteiger partial charge in [0, 0.05) is 49.1 Å². The minimum atomic E-state index is -0.494. The number of nitrogens with zero attached hydrogens (tertiary/aromatic N) is 3. The van der Waals surface area contributed by atoms with E-state index in [9.17, 15) is 19.2 Å². The maximum atomic E-state index is 13.3. The van der Waals surface area contributed by atoms with Crippen LogP contribution in [-0.2, 0) is 27.5 Å². The molecule has 0 radical (unpaired) electrons. The molecule has 2 aromatic carbocycles. The van der Waals surface area contributed by atoms with Crippen LogP contribution in [0.1, 0.15) is 53.0 Å². The molecule has 2 aliphatic heterocycles. The summed E-state index contributed by atoms with van der Waals surface area (Å²) in [4.78, 5) is 57.6. The van der Waals surface area contributed by atoms with E-state index >= 15 is 0 Å². The first-order valence-electron chi connectivity index (χ1n) is 15.8. The fourth-order valence-corrected chi connectivity index (χ4v) is 5.75. The van der Waals surface area contributed by atoms with E-state index in [0.29, 0.717) is 59.7 Å². The van der Waals surface area contributed by atoms with E-state index in [2.05, 4.69) is 15.6 Å². The molecule has 1 aliphatic carbocycles. The highest BCUT2D eigenvalue weighted by Crippen LogP contribution is 2.32. The molecular formula is C34H39N5O7. The molecule has 12 heteroatoms. The average molecular weight is 630 g/mol. The first-order chi connectivity index (χ1) is 22.2. The molecule has 2 fully saturated rings. The molecule has 6 rings (SSSR count). The number of fused-ring (bicyclic) bond motifs is 5. The molecule has 1 saturated carbocycles. The number of amides is 3. The highest BCUT2D eigenvalue weighted by molar-refractivity contribution is 5.95. The van der Waals surface area contributed by atoms with Crippen molar-refractivity contribution in [2.75, 3.05) is 26.2 Å². The molecule has 242 valence electrons. The molecule has 46 heavy (non-hydrogen) atoms. The predicted molar refractivity (Wildman–Crippen MR) is 168 cm³/mol. The van der Waals surface area contributed by atoms with Crippen molar-refractivity contribution in [3.05, 3.63) is 81.5 Å². The summed E-state index contributed by atoms with van der Waals surface area (Å²) in [5, 5.41) is 5.85. The second-order valence-corrected chi connectivity index (χ2v) is 12.3. The van der Waals surface area contributed by atoms with Crippen molar-refractivity contribution in [2.45, 2.75) is 64.8 Å².